The standard InChI is InChI=1S/C20H21F3O6S2/c1-20(31(26,27)15-5-3-4-13(10-15)29-19(22)23)8-9-28-18(12-20)16-7-6-14(11-17(16)21)30(2,24)25/h3-7,10-11,18-19H,8-9,12H2,1-2H3. The van der Waals surface area contributed by atoms with E-state index in [0.717, 1.165) is 18.4 Å². The second-order valence-electron chi connectivity index (χ2n) is 7.58. The van der Waals surface area contributed by atoms with Gasteiger partial charge in [-0.3, -0.25) is 0 Å². The highest BCUT2D eigenvalue weighted by Gasteiger charge is 2.45. The van der Waals surface area contributed by atoms with E-state index in [1.54, 1.807) is 0 Å². The first-order valence-corrected chi connectivity index (χ1v) is 12.6. The molecule has 0 spiro atoms. The Bertz CT molecular complexity index is 1180. The van der Waals surface area contributed by atoms with E-state index in [1.807, 2.05) is 0 Å². The Hall–Kier alpha value is -2.11. The molecule has 0 saturated carbocycles. The minimum Gasteiger partial charge on any atom is -0.435 e. The number of alkyl halides is 2. The zero-order valence-corrected chi connectivity index (χ0v) is 18.4. The largest absolute Gasteiger partial charge is 0.435 e. The molecule has 1 aliphatic heterocycles. The van der Waals surface area contributed by atoms with Gasteiger partial charge in [0, 0.05) is 18.4 Å². The van der Waals surface area contributed by atoms with E-state index in [1.165, 1.54) is 37.3 Å². The van der Waals surface area contributed by atoms with Gasteiger partial charge < -0.3 is 9.47 Å². The Morgan fingerprint density at radius 3 is 2.42 bits per heavy atom. The van der Waals surface area contributed by atoms with Crippen molar-refractivity contribution in [2.75, 3.05) is 12.9 Å². The summed E-state index contributed by atoms with van der Waals surface area (Å²) in [5.74, 6) is -1.10. The molecule has 1 saturated heterocycles. The number of hydrogen-bond donors (Lipinski definition) is 0. The molecule has 1 heterocycles. The maximum atomic E-state index is 14.6. The van der Waals surface area contributed by atoms with Crippen LogP contribution >= 0.6 is 0 Å². The van der Waals surface area contributed by atoms with E-state index in [4.69, 9.17) is 4.74 Å². The highest BCUT2D eigenvalue weighted by molar-refractivity contribution is 7.92. The Kier molecular flexibility index (Phi) is 6.41. The molecule has 170 valence electrons. The van der Waals surface area contributed by atoms with Crippen LogP contribution in [0.3, 0.4) is 0 Å². The quantitative estimate of drug-likeness (QED) is 0.626. The summed E-state index contributed by atoms with van der Waals surface area (Å²) >= 11 is 0. The lowest BCUT2D eigenvalue weighted by Crippen LogP contribution is -2.42. The fraction of sp³-hybridized carbons (Fsp3) is 0.400. The molecule has 31 heavy (non-hydrogen) atoms. The number of benzene rings is 2. The van der Waals surface area contributed by atoms with E-state index in [2.05, 4.69) is 4.74 Å². The van der Waals surface area contributed by atoms with Crippen molar-refractivity contribution >= 4 is 19.7 Å². The number of rotatable bonds is 6. The molecule has 0 amide bonds. The summed E-state index contributed by atoms with van der Waals surface area (Å²) in [6.45, 7) is -1.60. The zero-order valence-electron chi connectivity index (χ0n) is 16.7. The van der Waals surface area contributed by atoms with Crippen LogP contribution in [0.2, 0.25) is 0 Å². The fourth-order valence-electron chi connectivity index (χ4n) is 3.52. The van der Waals surface area contributed by atoms with Crippen molar-refractivity contribution in [3.8, 4) is 5.75 Å². The lowest BCUT2D eigenvalue weighted by atomic mass is 9.92. The highest BCUT2D eigenvalue weighted by atomic mass is 32.2. The third-order valence-electron chi connectivity index (χ3n) is 5.30. The van der Waals surface area contributed by atoms with Gasteiger partial charge in [0.25, 0.3) is 0 Å². The minimum absolute atomic E-state index is 0.0148. The molecule has 1 aliphatic rings. The Labute approximate surface area is 178 Å². The normalized spacial score (nSPS) is 22.5. The van der Waals surface area contributed by atoms with Gasteiger partial charge in [0.1, 0.15) is 11.6 Å². The van der Waals surface area contributed by atoms with Crippen LogP contribution in [0, 0.1) is 5.82 Å². The van der Waals surface area contributed by atoms with Crippen molar-refractivity contribution in [3.05, 3.63) is 53.8 Å². The van der Waals surface area contributed by atoms with Gasteiger partial charge in [-0.25, -0.2) is 21.2 Å². The average molecular weight is 479 g/mol. The van der Waals surface area contributed by atoms with Crippen LogP contribution in [0.15, 0.2) is 52.3 Å². The van der Waals surface area contributed by atoms with Crippen LogP contribution in [0.1, 0.15) is 31.4 Å². The van der Waals surface area contributed by atoms with Crippen molar-refractivity contribution in [1.29, 1.82) is 0 Å². The number of ether oxygens (including phenoxy) is 2. The fourth-order valence-corrected chi connectivity index (χ4v) is 5.97. The van der Waals surface area contributed by atoms with Crippen LogP contribution in [-0.2, 0) is 24.4 Å². The van der Waals surface area contributed by atoms with Gasteiger partial charge in [-0.2, -0.15) is 8.78 Å². The predicted octanol–water partition coefficient (Wildman–Crippen LogP) is 3.91. The zero-order chi connectivity index (χ0) is 23.0. The second kappa shape index (κ2) is 8.44. The Morgan fingerprint density at radius 1 is 1.10 bits per heavy atom. The van der Waals surface area contributed by atoms with Crippen LogP contribution in [-0.4, -0.2) is 41.1 Å². The topological polar surface area (TPSA) is 86.7 Å². The Balaban J connectivity index is 1.93. The maximum Gasteiger partial charge on any atom is 0.387 e. The van der Waals surface area contributed by atoms with Crippen LogP contribution in [0.5, 0.6) is 5.75 Å². The third kappa shape index (κ3) is 4.88. The van der Waals surface area contributed by atoms with Gasteiger partial charge in [0.15, 0.2) is 19.7 Å². The van der Waals surface area contributed by atoms with Gasteiger partial charge in [-0.05, 0) is 50.1 Å². The van der Waals surface area contributed by atoms with Crippen molar-refractivity contribution < 1.29 is 39.5 Å². The number of sulfone groups is 2. The lowest BCUT2D eigenvalue weighted by Gasteiger charge is -2.38. The molecule has 0 radical (unpaired) electrons. The molecule has 2 aromatic rings. The molecule has 1 fully saturated rings. The SMILES string of the molecule is CC1(S(=O)(=O)c2cccc(OC(F)F)c2)CCOC(c2ccc(S(C)(=O)=O)cc2F)C1. The first-order chi connectivity index (χ1) is 14.3. The molecule has 6 nitrogen and oxygen atoms in total. The molecule has 11 heteroatoms. The van der Waals surface area contributed by atoms with E-state index < -0.39 is 43.0 Å². The molecule has 0 bridgehead atoms. The summed E-state index contributed by atoms with van der Waals surface area (Å²) in [7, 11) is -7.64. The average Bonchev–Trinajstić information content (AvgIpc) is 2.67. The summed E-state index contributed by atoms with van der Waals surface area (Å²) < 4.78 is 98.0. The summed E-state index contributed by atoms with van der Waals surface area (Å²) in [6.07, 6.45) is 0.0236. The molecule has 0 aliphatic carbocycles. The Morgan fingerprint density at radius 2 is 1.81 bits per heavy atom. The van der Waals surface area contributed by atoms with Gasteiger partial charge in [0.2, 0.25) is 0 Å². The molecule has 3 rings (SSSR count). The van der Waals surface area contributed by atoms with Crippen molar-refractivity contribution in [1.82, 2.24) is 0 Å². The molecule has 2 unspecified atom stereocenters. The van der Waals surface area contributed by atoms with Crippen molar-refractivity contribution in [2.45, 2.75) is 47.0 Å². The van der Waals surface area contributed by atoms with E-state index in [0.29, 0.717) is 0 Å². The lowest BCUT2D eigenvalue weighted by molar-refractivity contribution is -0.0500. The van der Waals surface area contributed by atoms with Gasteiger partial charge in [0.05, 0.1) is 20.6 Å². The molecule has 2 atom stereocenters. The molecule has 0 aromatic heterocycles. The summed E-state index contributed by atoms with van der Waals surface area (Å²) in [4.78, 5) is -0.391. The van der Waals surface area contributed by atoms with E-state index in [-0.39, 0.29) is 40.6 Å². The van der Waals surface area contributed by atoms with Gasteiger partial charge in [-0.15, -0.1) is 0 Å². The molecule has 0 N–H and O–H groups in total. The monoisotopic (exact) mass is 478 g/mol. The van der Waals surface area contributed by atoms with E-state index >= 15 is 0 Å². The van der Waals surface area contributed by atoms with Crippen LogP contribution in [0.25, 0.3) is 0 Å². The highest BCUT2D eigenvalue weighted by Crippen LogP contribution is 2.43. The summed E-state index contributed by atoms with van der Waals surface area (Å²) in [5, 5.41) is 0. The molecular weight excluding hydrogens is 457 g/mol. The van der Waals surface area contributed by atoms with Crippen LogP contribution in [0.4, 0.5) is 13.2 Å². The first-order valence-electron chi connectivity index (χ1n) is 9.24. The van der Waals surface area contributed by atoms with Crippen LogP contribution < -0.4 is 4.74 Å². The maximum absolute atomic E-state index is 14.6. The van der Waals surface area contributed by atoms with Gasteiger partial charge in [-0.1, -0.05) is 12.1 Å². The number of halogens is 3. The third-order valence-corrected chi connectivity index (χ3v) is 8.96. The van der Waals surface area contributed by atoms with Gasteiger partial charge >= 0.3 is 6.61 Å². The van der Waals surface area contributed by atoms with Crippen molar-refractivity contribution in [2.24, 2.45) is 0 Å². The van der Waals surface area contributed by atoms with E-state index in [9.17, 15) is 30.0 Å². The smallest absolute Gasteiger partial charge is 0.387 e. The molecule has 2 aromatic carbocycles. The first kappa shape index (κ1) is 23.6. The molecular formula is C20H21F3O6S2. The number of hydrogen-bond acceptors (Lipinski definition) is 6. The van der Waals surface area contributed by atoms with Crippen molar-refractivity contribution in [3.63, 3.8) is 0 Å². The minimum atomic E-state index is -4.03. The summed E-state index contributed by atoms with van der Waals surface area (Å²) in [5.41, 5.74) is 0.0447. The second-order valence-corrected chi connectivity index (χ2v) is 12.1. The predicted molar refractivity (Wildman–Crippen MR) is 106 cm³/mol. The summed E-state index contributed by atoms with van der Waals surface area (Å²) in [6, 6.07) is 8.21.